The van der Waals surface area contributed by atoms with E-state index in [1.54, 1.807) is 11.1 Å². The van der Waals surface area contributed by atoms with E-state index in [1.807, 2.05) is 30.1 Å². The standard InChI is InChI=1S/C42H49N11O5/c1-49-17-18-53(41(49)57)29-3-2-14-51(22-29)33-21-44-36(38(43)55)39(46-33)45-26-5-7-27(8-6-26)50-15-12-28(13-16-50)52-23-42(24-52)19-25-4-9-30-35(48-58-37(30)32(25)20-42)31-10-11-34(54)47-40(31)56/h4-9,21,28-29,31H,2-3,10-20,22-24H2,1H3,(H2,43,55)(H,45,46)(H,47,54,56)/t29-,31?/m1/s1. The Bertz CT molecular complexity index is 2300. The Morgan fingerprint density at radius 3 is 2.48 bits per heavy atom. The number of likely N-dealkylation sites (N-methyl/N-ethyl adjacent to an activating group) is 1. The summed E-state index contributed by atoms with van der Waals surface area (Å²) in [6.07, 6.45) is 8.40. The predicted molar refractivity (Wildman–Crippen MR) is 216 cm³/mol. The number of carbonyl (C=O) groups is 4. The summed E-state index contributed by atoms with van der Waals surface area (Å²) in [5.41, 5.74) is 11.9. The molecular weight excluding hydrogens is 739 g/mol. The van der Waals surface area contributed by atoms with Gasteiger partial charge in [0.2, 0.25) is 11.8 Å². The Morgan fingerprint density at radius 1 is 0.931 bits per heavy atom. The number of nitrogens with two attached hydrogens (primary N) is 1. The van der Waals surface area contributed by atoms with Crippen LogP contribution < -0.4 is 26.2 Å². The van der Waals surface area contributed by atoms with Gasteiger partial charge in [0.05, 0.1) is 18.2 Å². The molecule has 6 aliphatic rings. The number of hydrogen-bond donors (Lipinski definition) is 3. The molecule has 7 heterocycles. The van der Waals surface area contributed by atoms with Crippen LogP contribution in [-0.4, -0.2) is 125 Å². The third-order valence-electron chi connectivity index (χ3n) is 13.5. The molecule has 0 saturated carbocycles. The molecular formula is C42H49N11O5. The minimum atomic E-state index is -0.651. The molecule has 1 spiro atoms. The molecule has 0 radical (unpaired) electrons. The maximum Gasteiger partial charge on any atom is 0.320 e. The normalized spacial score (nSPS) is 23.8. The van der Waals surface area contributed by atoms with E-state index in [0.717, 1.165) is 107 Å². The van der Waals surface area contributed by atoms with Crippen molar-refractivity contribution in [2.75, 3.05) is 74.5 Å². The van der Waals surface area contributed by atoms with Crippen molar-refractivity contribution < 1.29 is 23.7 Å². The number of piperidine rings is 3. The van der Waals surface area contributed by atoms with Crippen LogP contribution in [0.3, 0.4) is 0 Å². The van der Waals surface area contributed by atoms with Crippen molar-refractivity contribution in [3.63, 3.8) is 0 Å². The van der Waals surface area contributed by atoms with Crippen LogP contribution in [0.4, 0.5) is 27.8 Å². The molecule has 5 fully saturated rings. The highest BCUT2D eigenvalue weighted by Crippen LogP contribution is 2.48. The first-order valence-corrected chi connectivity index (χ1v) is 20.6. The predicted octanol–water partition coefficient (Wildman–Crippen LogP) is 3.39. The summed E-state index contributed by atoms with van der Waals surface area (Å²) in [6.45, 7) is 6.98. The highest BCUT2D eigenvalue weighted by molar-refractivity contribution is 6.02. The van der Waals surface area contributed by atoms with E-state index in [2.05, 4.69) is 53.7 Å². The molecule has 1 unspecified atom stereocenters. The van der Waals surface area contributed by atoms with Gasteiger partial charge in [-0.2, -0.15) is 0 Å². The van der Waals surface area contributed by atoms with Crippen molar-refractivity contribution in [1.82, 2.24) is 35.1 Å². The molecule has 302 valence electrons. The van der Waals surface area contributed by atoms with Gasteiger partial charge in [-0.15, -0.1) is 0 Å². The third-order valence-corrected chi connectivity index (χ3v) is 13.5. The number of nitrogens with zero attached hydrogens (tertiary/aromatic N) is 8. The first kappa shape index (κ1) is 36.6. The van der Waals surface area contributed by atoms with Crippen LogP contribution in [0.2, 0.25) is 0 Å². The number of imide groups is 1. The van der Waals surface area contributed by atoms with Crippen molar-refractivity contribution in [3.05, 3.63) is 65.1 Å². The number of hydrogen-bond acceptors (Lipinski definition) is 12. The lowest BCUT2D eigenvalue weighted by Gasteiger charge is -2.53. The van der Waals surface area contributed by atoms with E-state index >= 15 is 0 Å². The van der Waals surface area contributed by atoms with Gasteiger partial charge in [-0.25, -0.2) is 14.8 Å². The van der Waals surface area contributed by atoms with Gasteiger partial charge in [0.25, 0.3) is 5.91 Å². The van der Waals surface area contributed by atoms with Crippen molar-refractivity contribution >= 4 is 57.7 Å². The van der Waals surface area contributed by atoms with Crippen LogP contribution in [0.5, 0.6) is 0 Å². The molecule has 2 atom stereocenters. The molecule has 58 heavy (non-hydrogen) atoms. The van der Waals surface area contributed by atoms with Gasteiger partial charge in [-0.1, -0.05) is 11.2 Å². The summed E-state index contributed by atoms with van der Waals surface area (Å²) < 4.78 is 5.91. The molecule has 5 saturated heterocycles. The topological polar surface area (TPSA) is 186 Å². The zero-order chi connectivity index (χ0) is 39.7. The minimum absolute atomic E-state index is 0.0684. The summed E-state index contributed by atoms with van der Waals surface area (Å²) in [5, 5.41) is 11.0. The second kappa shape index (κ2) is 14.3. The molecule has 16 heteroatoms. The van der Waals surface area contributed by atoms with E-state index in [4.69, 9.17) is 15.2 Å². The number of nitrogens with one attached hydrogen (secondary N) is 2. The van der Waals surface area contributed by atoms with E-state index < -0.39 is 11.8 Å². The summed E-state index contributed by atoms with van der Waals surface area (Å²) >= 11 is 0. The lowest BCUT2D eigenvalue weighted by Crippen LogP contribution is -2.62. The fourth-order valence-corrected chi connectivity index (χ4v) is 10.4. The summed E-state index contributed by atoms with van der Waals surface area (Å²) in [4.78, 5) is 69.5. The second-order valence-corrected chi connectivity index (χ2v) is 17.2. The number of anilines is 4. The lowest BCUT2D eigenvalue weighted by atomic mass is 9.75. The van der Waals surface area contributed by atoms with Crippen molar-refractivity contribution in [2.45, 2.75) is 69.4 Å². The first-order valence-electron chi connectivity index (χ1n) is 20.6. The summed E-state index contributed by atoms with van der Waals surface area (Å²) in [6, 6.07) is 13.2. The van der Waals surface area contributed by atoms with Gasteiger partial charge in [-0.05, 0) is 80.8 Å². The Kier molecular flexibility index (Phi) is 8.98. The molecule has 5 amide bonds. The second-order valence-electron chi connectivity index (χ2n) is 17.2. The summed E-state index contributed by atoms with van der Waals surface area (Å²) in [5.74, 6) is -0.668. The van der Waals surface area contributed by atoms with Crippen molar-refractivity contribution in [1.29, 1.82) is 0 Å². The quantitative estimate of drug-likeness (QED) is 0.222. The third kappa shape index (κ3) is 6.46. The molecule has 2 aromatic carbocycles. The zero-order valence-corrected chi connectivity index (χ0v) is 32.8. The van der Waals surface area contributed by atoms with Gasteiger partial charge in [-0.3, -0.25) is 24.6 Å². The number of likely N-dealkylation sites (tertiary alicyclic amines) is 1. The average Bonchev–Trinajstić information content (AvgIpc) is 3.93. The van der Waals surface area contributed by atoms with Crippen molar-refractivity contribution in [2.24, 2.45) is 11.1 Å². The maximum atomic E-state index is 12.7. The van der Waals surface area contributed by atoms with Crippen LogP contribution in [0, 0.1) is 5.41 Å². The van der Waals surface area contributed by atoms with Gasteiger partial charge < -0.3 is 35.2 Å². The number of primary amides is 1. The Balaban J connectivity index is 0.742. The maximum absolute atomic E-state index is 12.7. The Morgan fingerprint density at radius 2 is 1.74 bits per heavy atom. The monoisotopic (exact) mass is 787 g/mol. The van der Waals surface area contributed by atoms with Crippen LogP contribution >= 0.6 is 0 Å². The molecule has 0 bridgehead atoms. The Hall–Kier alpha value is -5.77. The fraction of sp³-hybridized carbons (Fsp3) is 0.500. The highest BCUT2D eigenvalue weighted by atomic mass is 16.5. The fourth-order valence-electron chi connectivity index (χ4n) is 10.4. The van der Waals surface area contributed by atoms with Crippen LogP contribution in [0.15, 0.2) is 47.1 Å². The molecule has 4 aromatic rings. The smallest absolute Gasteiger partial charge is 0.320 e. The van der Waals surface area contributed by atoms with E-state index in [-0.39, 0.29) is 35.0 Å². The molecule has 4 N–H and O–H groups in total. The van der Waals surface area contributed by atoms with Gasteiger partial charge in [0.1, 0.15) is 11.5 Å². The van der Waals surface area contributed by atoms with E-state index in [1.165, 1.54) is 11.1 Å². The van der Waals surface area contributed by atoms with Crippen LogP contribution in [0.25, 0.3) is 11.0 Å². The number of rotatable bonds is 8. The SMILES string of the molecule is CN1CCN([C@@H]2CCCN(c3cnc(C(N)=O)c(Nc4ccc(N5CCC(N6CC7(Cc8ccc9c(C%10CCC(=O)NC%10=O)noc9c8C7)C6)CC5)cc4)n3)C2)C1=O. The van der Waals surface area contributed by atoms with Gasteiger partial charge in [0.15, 0.2) is 17.1 Å². The molecule has 5 aliphatic heterocycles. The van der Waals surface area contributed by atoms with E-state index in [9.17, 15) is 19.2 Å². The summed E-state index contributed by atoms with van der Waals surface area (Å²) in [7, 11) is 1.84. The Labute approximate surface area is 336 Å². The average molecular weight is 788 g/mol. The number of urea groups is 1. The largest absolute Gasteiger partial charge is 0.371 e. The number of amides is 5. The van der Waals surface area contributed by atoms with Crippen LogP contribution in [-0.2, 0) is 22.4 Å². The highest BCUT2D eigenvalue weighted by Gasteiger charge is 2.50. The van der Waals surface area contributed by atoms with Gasteiger partial charge in [0, 0.05) is 99.6 Å². The number of aromatic nitrogens is 3. The van der Waals surface area contributed by atoms with Gasteiger partial charge >= 0.3 is 6.03 Å². The molecule has 16 nitrogen and oxygen atoms in total. The zero-order valence-electron chi connectivity index (χ0n) is 32.8. The molecule has 1 aliphatic carbocycles. The number of fused-ring (bicyclic) bond motifs is 3. The number of carbonyl (C=O) groups excluding carboxylic acids is 4. The first-order chi connectivity index (χ1) is 28.1. The number of benzene rings is 2. The lowest BCUT2D eigenvalue weighted by molar-refractivity contribution is -0.134. The van der Waals surface area contributed by atoms with E-state index in [0.29, 0.717) is 42.8 Å². The minimum Gasteiger partial charge on any atom is -0.371 e. The molecule has 10 rings (SSSR count). The van der Waals surface area contributed by atoms with Crippen LogP contribution in [0.1, 0.15) is 71.8 Å². The van der Waals surface area contributed by atoms with Crippen molar-refractivity contribution in [3.8, 4) is 0 Å². The molecule has 2 aromatic heterocycles.